The van der Waals surface area contributed by atoms with Crippen molar-refractivity contribution in [1.29, 1.82) is 0 Å². The molecule has 0 heterocycles. The molecule has 0 fully saturated rings. The number of carbonyl (C=O) groups is 3. The zero-order chi connectivity index (χ0) is 12.7. The highest BCUT2D eigenvalue weighted by Gasteiger charge is 2.23. The lowest BCUT2D eigenvalue weighted by molar-refractivity contribution is -0.141. The summed E-state index contributed by atoms with van der Waals surface area (Å²) >= 11 is 0. The lowest BCUT2D eigenvalue weighted by Crippen LogP contribution is -2.52. The molecule has 0 aromatic rings. The van der Waals surface area contributed by atoms with Crippen LogP contribution in [0.3, 0.4) is 0 Å². The van der Waals surface area contributed by atoms with Crippen LogP contribution >= 0.6 is 0 Å². The second kappa shape index (κ2) is 6.65. The van der Waals surface area contributed by atoms with Crippen LogP contribution in [0.4, 0.5) is 4.79 Å². The van der Waals surface area contributed by atoms with E-state index in [1.807, 2.05) is 0 Å². The highest BCUT2D eigenvalue weighted by atomic mass is 16.5. The SMILES string of the molecule is COC(=O)CNC(=O)C(NC(N)=O)C(C)C. The minimum Gasteiger partial charge on any atom is -0.468 e. The van der Waals surface area contributed by atoms with Crippen molar-refractivity contribution in [2.24, 2.45) is 11.7 Å². The van der Waals surface area contributed by atoms with Crippen LogP contribution in [0.1, 0.15) is 13.8 Å². The number of carbonyl (C=O) groups excluding carboxylic acids is 3. The number of hydrogen-bond acceptors (Lipinski definition) is 4. The zero-order valence-corrected chi connectivity index (χ0v) is 9.57. The Bertz CT molecular complexity index is 278. The molecule has 0 aliphatic heterocycles. The molecule has 0 radical (unpaired) electrons. The molecule has 0 saturated carbocycles. The molecule has 0 saturated heterocycles. The van der Waals surface area contributed by atoms with Gasteiger partial charge in [-0.2, -0.15) is 0 Å². The summed E-state index contributed by atoms with van der Waals surface area (Å²) in [5, 5.41) is 4.63. The largest absolute Gasteiger partial charge is 0.468 e. The summed E-state index contributed by atoms with van der Waals surface area (Å²) in [5.41, 5.74) is 4.93. The van der Waals surface area contributed by atoms with Gasteiger partial charge in [-0.15, -0.1) is 0 Å². The predicted octanol–water partition coefficient (Wildman–Crippen LogP) is -1.03. The maximum Gasteiger partial charge on any atom is 0.325 e. The van der Waals surface area contributed by atoms with E-state index >= 15 is 0 Å². The smallest absolute Gasteiger partial charge is 0.325 e. The van der Waals surface area contributed by atoms with Crippen LogP contribution in [0.15, 0.2) is 0 Å². The quantitative estimate of drug-likeness (QED) is 0.525. The number of hydrogen-bond donors (Lipinski definition) is 3. The Hall–Kier alpha value is -1.79. The molecule has 16 heavy (non-hydrogen) atoms. The van der Waals surface area contributed by atoms with Crippen molar-refractivity contribution < 1.29 is 19.1 Å². The molecule has 3 amide bonds. The third-order valence-corrected chi connectivity index (χ3v) is 1.88. The Morgan fingerprint density at radius 3 is 2.25 bits per heavy atom. The van der Waals surface area contributed by atoms with Gasteiger partial charge < -0.3 is 21.1 Å². The van der Waals surface area contributed by atoms with Gasteiger partial charge in [0.25, 0.3) is 0 Å². The van der Waals surface area contributed by atoms with E-state index in [-0.39, 0.29) is 12.5 Å². The third kappa shape index (κ3) is 5.18. The van der Waals surface area contributed by atoms with Gasteiger partial charge in [0.1, 0.15) is 12.6 Å². The molecule has 1 atom stereocenters. The maximum atomic E-state index is 11.6. The van der Waals surface area contributed by atoms with Crippen LogP contribution in [0, 0.1) is 5.92 Å². The molecule has 1 unspecified atom stereocenters. The van der Waals surface area contributed by atoms with Gasteiger partial charge in [0.2, 0.25) is 5.91 Å². The number of methoxy groups -OCH3 is 1. The van der Waals surface area contributed by atoms with Crippen molar-refractivity contribution in [2.75, 3.05) is 13.7 Å². The monoisotopic (exact) mass is 231 g/mol. The van der Waals surface area contributed by atoms with Gasteiger partial charge >= 0.3 is 12.0 Å². The zero-order valence-electron chi connectivity index (χ0n) is 9.57. The van der Waals surface area contributed by atoms with Crippen LogP contribution in [0.5, 0.6) is 0 Å². The van der Waals surface area contributed by atoms with Gasteiger partial charge in [-0.1, -0.05) is 13.8 Å². The lowest BCUT2D eigenvalue weighted by Gasteiger charge is -2.20. The molecule has 0 aliphatic carbocycles. The number of primary amides is 1. The maximum absolute atomic E-state index is 11.6. The Labute approximate surface area is 93.7 Å². The number of nitrogens with one attached hydrogen (secondary N) is 2. The van der Waals surface area contributed by atoms with E-state index in [0.717, 1.165) is 0 Å². The van der Waals surface area contributed by atoms with Crippen molar-refractivity contribution in [1.82, 2.24) is 10.6 Å². The Balaban J connectivity index is 4.28. The van der Waals surface area contributed by atoms with Gasteiger partial charge in [-0.25, -0.2) is 4.79 Å². The number of amides is 3. The fourth-order valence-electron chi connectivity index (χ4n) is 1.03. The van der Waals surface area contributed by atoms with Crippen molar-refractivity contribution in [3.05, 3.63) is 0 Å². The lowest BCUT2D eigenvalue weighted by atomic mass is 10.0. The van der Waals surface area contributed by atoms with Crippen LogP contribution in [-0.4, -0.2) is 37.6 Å². The molecule has 92 valence electrons. The highest BCUT2D eigenvalue weighted by molar-refractivity contribution is 5.89. The van der Waals surface area contributed by atoms with E-state index in [0.29, 0.717) is 0 Å². The van der Waals surface area contributed by atoms with Crippen LogP contribution in [-0.2, 0) is 14.3 Å². The first-order valence-electron chi connectivity index (χ1n) is 4.79. The van der Waals surface area contributed by atoms with Gasteiger partial charge in [0.05, 0.1) is 7.11 Å². The fourth-order valence-corrected chi connectivity index (χ4v) is 1.03. The average Bonchev–Trinajstić information content (AvgIpc) is 2.21. The first-order valence-corrected chi connectivity index (χ1v) is 4.79. The van der Waals surface area contributed by atoms with Gasteiger partial charge in [-0.05, 0) is 5.92 Å². The average molecular weight is 231 g/mol. The number of rotatable bonds is 5. The Morgan fingerprint density at radius 1 is 1.31 bits per heavy atom. The van der Waals surface area contributed by atoms with Crippen LogP contribution < -0.4 is 16.4 Å². The molecule has 4 N–H and O–H groups in total. The van der Waals surface area contributed by atoms with E-state index in [2.05, 4.69) is 15.4 Å². The summed E-state index contributed by atoms with van der Waals surface area (Å²) in [6.45, 7) is 3.26. The van der Waals surface area contributed by atoms with Crippen molar-refractivity contribution >= 4 is 17.9 Å². The molecular formula is C9H17N3O4. The van der Waals surface area contributed by atoms with Gasteiger partial charge in [0, 0.05) is 0 Å². The fraction of sp³-hybridized carbons (Fsp3) is 0.667. The molecule has 0 aromatic heterocycles. The molecular weight excluding hydrogens is 214 g/mol. The second-order valence-corrected chi connectivity index (χ2v) is 3.52. The van der Waals surface area contributed by atoms with E-state index in [9.17, 15) is 14.4 Å². The molecule has 0 aliphatic rings. The molecule has 0 aromatic carbocycles. The van der Waals surface area contributed by atoms with E-state index < -0.39 is 23.9 Å². The van der Waals surface area contributed by atoms with E-state index in [4.69, 9.17) is 5.73 Å². The number of urea groups is 1. The summed E-state index contributed by atoms with van der Waals surface area (Å²) in [5.74, 6) is -1.17. The van der Waals surface area contributed by atoms with Crippen LogP contribution in [0.2, 0.25) is 0 Å². The minimum absolute atomic E-state index is 0.134. The van der Waals surface area contributed by atoms with E-state index in [1.165, 1.54) is 7.11 Å². The Kier molecular flexibility index (Phi) is 5.91. The van der Waals surface area contributed by atoms with Crippen molar-refractivity contribution in [3.8, 4) is 0 Å². The Morgan fingerprint density at radius 2 is 1.88 bits per heavy atom. The summed E-state index contributed by atoms with van der Waals surface area (Å²) in [6.07, 6.45) is 0. The minimum atomic E-state index is -0.785. The summed E-state index contributed by atoms with van der Waals surface area (Å²) < 4.78 is 4.36. The first kappa shape index (κ1) is 14.2. The first-order chi connectivity index (χ1) is 7.38. The summed E-state index contributed by atoms with van der Waals surface area (Å²) in [7, 11) is 1.22. The number of ether oxygens (including phenoxy) is 1. The number of esters is 1. The van der Waals surface area contributed by atoms with E-state index in [1.54, 1.807) is 13.8 Å². The molecule has 0 spiro atoms. The third-order valence-electron chi connectivity index (χ3n) is 1.88. The standard InChI is InChI=1S/C9H17N3O4/c1-5(2)7(12-9(10)15)8(14)11-4-6(13)16-3/h5,7H,4H2,1-3H3,(H,11,14)(H3,10,12,15). The predicted molar refractivity (Wildman–Crippen MR) is 56.4 cm³/mol. The van der Waals surface area contributed by atoms with Gasteiger partial charge in [0.15, 0.2) is 0 Å². The number of nitrogens with two attached hydrogens (primary N) is 1. The normalized spacial score (nSPS) is 11.8. The van der Waals surface area contributed by atoms with Crippen molar-refractivity contribution in [3.63, 3.8) is 0 Å². The van der Waals surface area contributed by atoms with Gasteiger partial charge in [-0.3, -0.25) is 9.59 Å². The summed E-state index contributed by atoms with van der Waals surface area (Å²) in [6, 6.07) is -1.55. The van der Waals surface area contributed by atoms with Crippen molar-refractivity contribution in [2.45, 2.75) is 19.9 Å². The topological polar surface area (TPSA) is 111 Å². The second-order valence-electron chi connectivity index (χ2n) is 3.52. The molecule has 7 nitrogen and oxygen atoms in total. The molecule has 7 heteroatoms. The van der Waals surface area contributed by atoms with Crippen LogP contribution in [0.25, 0.3) is 0 Å². The molecule has 0 bridgehead atoms. The summed E-state index contributed by atoms with van der Waals surface area (Å²) in [4.78, 5) is 33.0. The molecule has 0 rings (SSSR count). The highest BCUT2D eigenvalue weighted by Crippen LogP contribution is 2.01.